The number of rotatable bonds is 1. The molecule has 1 aliphatic rings. The van der Waals surface area contributed by atoms with Crippen LogP contribution >= 0.6 is 0 Å². The van der Waals surface area contributed by atoms with Crippen LogP contribution in [-0.2, 0) is 11.2 Å². The number of carboxylic acid groups (broad SMARTS) is 1. The monoisotopic (exact) mass is 214 g/mol. The summed E-state index contributed by atoms with van der Waals surface area (Å²) in [6, 6.07) is 1.88. The van der Waals surface area contributed by atoms with E-state index in [1.807, 2.05) is 11.0 Å². The molecule has 0 aromatic carbocycles. The van der Waals surface area contributed by atoms with E-state index in [9.17, 15) is 9.90 Å². The van der Waals surface area contributed by atoms with Crippen molar-refractivity contribution in [2.75, 3.05) is 0 Å². The predicted molar refractivity (Wildman–Crippen MR) is 39.2 cm³/mol. The summed E-state index contributed by atoms with van der Waals surface area (Å²) in [7, 11) is 0. The number of carbonyl (C=O) groups is 1. The van der Waals surface area contributed by atoms with Crippen LogP contribution in [0.25, 0.3) is 0 Å². The summed E-state index contributed by atoms with van der Waals surface area (Å²) in [4.78, 5) is 16.3. The molecule has 2 rings (SSSR count). The van der Waals surface area contributed by atoms with Gasteiger partial charge in [-0.25, -0.2) is 0 Å². The average Bonchev–Trinajstić information content (AvgIpc) is 2.40. The first-order valence-corrected chi connectivity index (χ1v) is 4.97. The SMILES string of the molecule is O=C([O-])C1=Nc2cc[se]c2C1. The second kappa shape index (κ2) is 2.32. The molecule has 0 spiro atoms. The van der Waals surface area contributed by atoms with Gasteiger partial charge in [-0.2, -0.15) is 0 Å². The number of fused-ring (bicyclic) bond motifs is 1. The van der Waals surface area contributed by atoms with Crippen molar-refractivity contribution in [2.24, 2.45) is 4.99 Å². The van der Waals surface area contributed by atoms with Gasteiger partial charge in [0.05, 0.1) is 0 Å². The summed E-state index contributed by atoms with van der Waals surface area (Å²) in [5.41, 5.74) is 1.03. The molecule has 1 aromatic heterocycles. The van der Waals surface area contributed by atoms with Crippen molar-refractivity contribution in [3.05, 3.63) is 15.4 Å². The number of nitrogens with zero attached hydrogens (tertiary/aromatic N) is 1. The molecule has 56 valence electrons. The van der Waals surface area contributed by atoms with Crippen LogP contribution in [0.5, 0.6) is 0 Å². The van der Waals surface area contributed by atoms with Crippen molar-refractivity contribution in [3.63, 3.8) is 0 Å². The zero-order valence-electron chi connectivity index (χ0n) is 5.53. The van der Waals surface area contributed by atoms with E-state index < -0.39 is 5.97 Å². The van der Waals surface area contributed by atoms with Gasteiger partial charge in [-0.05, 0) is 0 Å². The van der Waals surface area contributed by atoms with Crippen molar-refractivity contribution in [2.45, 2.75) is 6.42 Å². The topological polar surface area (TPSA) is 52.5 Å². The van der Waals surface area contributed by atoms with Crippen molar-refractivity contribution in [3.8, 4) is 0 Å². The van der Waals surface area contributed by atoms with Gasteiger partial charge in [0.25, 0.3) is 0 Å². The minimum atomic E-state index is -1.14. The molecule has 0 unspecified atom stereocenters. The Bertz CT molecular complexity index is 340. The Morgan fingerprint density at radius 2 is 2.55 bits per heavy atom. The molecule has 0 saturated carbocycles. The average molecular weight is 213 g/mol. The Labute approximate surface area is 69.1 Å². The molecule has 0 N–H and O–H groups in total. The van der Waals surface area contributed by atoms with Gasteiger partial charge in [-0.3, -0.25) is 0 Å². The zero-order valence-corrected chi connectivity index (χ0v) is 7.25. The number of carboxylic acids is 1. The van der Waals surface area contributed by atoms with Crippen LogP contribution in [-0.4, -0.2) is 26.2 Å². The fraction of sp³-hybridized carbons (Fsp3) is 0.143. The summed E-state index contributed by atoms with van der Waals surface area (Å²) >= 11 is 0.329. The van der Waals surface area contributed by atoms with Crippen molar-refractivity contribution < 1.29 is 9.90 Å². The van der Waals surface area contributed by atoms with Crippen molar-refractivity contribution in [1.82, 2.24) is 0 Å². The molecule has 0 aliphatic carbocycles. The molecule has 0 saturated heterocycles. The third kappa shape index (κ3) is 1.04. The maximum atomic E-state index is 10.3. The summed E-state index contributed by atoms with van der Waals surface area (Å²) in [6.07, 6.45) is 0.491. The van der Waals surface area contributed by atoms with Crippen LogP contribution in [0.4, 0.5) is 5.69 Å². The first-order chi connectivity index (χ1) is 5.27. The minimum absolute atomic E-state index is 0.182. The van der Waals surface area contributed by atoms with Crippen LogP contribution in [0.3, 0.4) is 0 Å². The molecule has 3 nitrogen and oxygen atoms in total. The second-order valence-electron chi connectivity index (χ2n) is 2.25. The standard InChI is InChI=1S/C7H5NO2Se/c9-7(10)5-3-6-4(8-5)1-2-11-6/h1-2H,3H2,(H,9,10)/p-1. The van der Waals surface area contributed by atoms with E-state index in [0.29, 0.717) is 20.9 Å². The second-order valence-corrected chi connectivity index (χ2v) is 4.35. The molecule has 0 amide bonds. The molecule has 1 aliphatic heterocycles. The fourth-order valence-corrected chi connectivity index (χ4v) is 2.73. The molecule has 0 bridgehead atoms. The molecule has 11 heavy (non-hydrogen) atoms. The third-order valence-electron chi connectivity index (χ3n) is 1.54. The van der Waals surface area contributed by atoms with Gasteiger partial charge < -0.3 is 0 Å². The van der Waals surface area contributed by atoms with Crippen LogP contribution in [0.2, 0.25) is 0 Å². The number of aliphatic imine (C=N–C) groups is 1. The summed E-state index contributed by atoms with van der Waals surface area (Å²) in [5.74, 6) is -1.14. The first-order valence-electron chi connectivity index (χ1n) is 3.12. The van der Waals surface area contributed by atoms with Crippen molar-refractivity contribution >= 4 is 31.9 Å². The molecule has 0 fully saturated rings. The van der Waals surface area contributed by atoms with E-state index in [2.05, 4.69) is 4.99 Å². The number of hydrogen-bond acceptors (Lipinski definition) is 3. The van der Waals surface area contributed by atoms with E-state index in [0.717, 1.165) is 10.1 Å². The predicted octanol–water partition coefficient (Wildman–Crippen LogP) is -0.878. The molecule has 4 heteroatoms. The summed E-state index contributed by atoms with van der Waals surface area (Å²) in [6.45, 7) is 0. The van der Waals surface area contributed by atoms with Gasteiger partial charge in [-0.15, -0.1) is 0 Å². The van der Waals surface area contributed by atoms with Crippen LogP contribution in [0, 0.1) is 0 Å². The van der Waals surface area contributed by atoms with E-state index in [1.54, 1.807) is 0 Å². The summed E-state index contributed by atoms with van der Waals surface area (Å²) < 4.78 is 1.16. The quantitative estimate of drug-likeness (QED) is 0.569. The van der Waals surface area contributed by atoms with E-state index in [-0.39, 0.29) is 5.71 Å². The van der Waals surface area contributed by atoms with Crippen LogP contribution in [0.15, 0.2) is 16.0 Å². The van der Waals surface area contributed by atoms with Gasteiger partial charge in [-0.1, -0.05) is 0 Å². The Morgan fingerprint density at radius 3 is 3.18 bits per heavy atom. The van der Waals surface area contributed by atoms with Crippen molar-refractivity contribution in [1.29, 1.82) is 0 Å². The molecular formula is C7H4NO2Se-. The summed E-state index contributed by atoms with van der Waals surface area (Å²) in [5, 5.41) is 10.3. The Balaban J connectivity index is 2.38. The molecular weight excluding hydrogens is 209 g/mol. The van der Waals surface area contributed by atoms with Gasteiger partial charge in [0.1, 0.15) is 0 Å². The number of aliphatic carboxylic acids is 1. The number of hydrogen-bond donors (Lipinski definition) is 0. The fourth-order valence-electron chi connectivity index (χ4n) is 1.02. The molecule has 0 atom stereocenters. The van der Waals surface area contributed by atoms with E-state index in [4.69, 9.17) is 0 Å². The van der Waals surface area contributed by atoms with Gasteiger partial charge in [0, 0.05) is 0 Å². The third-order valence-corrected chi connectivity index (χ3v) is 3.45. The van der Waals surface area contributed by atoms with E-state index in [1.165, 1.54) is 0 Å². The Kier molecular flexibility index (Phi) is 1.44. The normalized spacial score (nSPS) is 14.4. The Morgan fingerprint density at radius 1 is 1.73 bits per heavy atom. The van der Waals surface area contributed by atoms with Gasteiger partial charge in [0.15, 0.2) is 0 Å². The van der Waals surface area contributed by atoms with E-state index >= 15 is 0 Å². The molecule has 0 radical (unpaired) electrons. The number of carbonyl (C=O) groups excluding carboxylic acids is 1. The van der Waals surface area contributed by atoms with Crippen LogP contribution < -0.4 is 5.11 Å². The first kappa shape index (κ1) is 6.83. The Hall–Kier alpha value is -0.861. The maximum absolute atomic E-state index is 10.3. The van der Waals surface area contributed by atoms with Gasteiger partial charge >= 0.3 is 68.6 Å². The molecule has 1 aromatic rings. The van der Waals surface area contributed by atoms with Gasteiger partial charge in [0.2, 0.25) is 0 Å². The molecule has 2 heterocycles. The van der Waals surface area contributed by atoms with Crippen LogP contribution in [0.1, 0.15) is 4.44 Å². The zero-order chi connectivity index (χ0) is 7.84.